The number of hydrogen-bond acceptors (Lipinski definition) is 5. The fourth-order valence-corrected chi connectivity index (χ4v) is 8.56. The molecular weight excluding hydrogens is 490 g/mol. The molecule has 4 aliphatic carbocycles. The number of esters is 1. The molecule has 1 heterocycles. The highest BCUT2D eigenvalue weighted by atomic mass is 16.6. The number of fused-ring (bicyclic) bond motifs is 5. The van der Waals surface area contributed by atoms with Crippen molar-refractivity contribution in [3.05, 3.63) is 65.1 Å². The summed E-state index contributed by atoms with van der Waals surface area (Å²) in [7, 11) is 0. The molecular formula is C33H41NO5. The van der Waals surface area contributed by atoms with Gasteiger partial charge >= 0.3 is 5.97 Å². The van der Waals surface area contributed by atoms with Gasteiger partial charge in [-0.25, -0.2) is 4.79 Å². The molecule has 6 heteroatoms. The third kappa shape index (κ3) is 4.40. The van der Waals surface area contributed by atoms with Crippen molar-refractivity contribution in [2.75, 3.05) is 6.61 Å². The van der Waals surface area contributed by atoms with Crippen LogP contribution in [0.2, 0.25) is 0 Å². The highest BCUT2D eigenvalue weighted by Gasteiger charge is 2.59. The first-order valence-electron chi connectivity index (χ1n) is 14.7. The van der Waals surface area contributed by atoms with E-state index in [9.17, 15) is 9.59 Å². The summed E-state index contributed by atoms with van der Waals surface area (Å²) in [6.07, 6.45) is 11.8. The Balaban J connectivity index is 1.23. The van der Waals surface area contributed by atoms with Crippen LogP contribution in [-0.4, -0.2) is 30.7 Å². The van der Waals surface area contributed by atoms with Crippen LogP contribution < -0.4 is 10.1 Å². The number of ether oxygens (including phenoxy) is 3. The van der Waals surface area contributed by atoms with E-state index in [-0.39, 0.29) is 34.7 Å². The van der Waals surface area contributed by atoms with E-state index in [0.717, 1.165) is 62.0 Å². The monoisotopic (exact) mass is 531 g/mol. The van der Waals surface area contributed by atoms with E-state index in [1.54, 1.807) is 19.4 Å². The van der Waals surface area contributed by atoms with Crippen molar-refractivity contribution in [2.45, 2.75) is 84.8 Å². The maximum atomic E-state index is 12.3. The van der Waals surface area contributed by atoms with Gasteiger partial charge in [0.1, 0.15) is 18.0 Å². The third-order valence-electron chi connectivity index (χ3n) is 10.5. The van der Waals surface area contributed by atoms with Crippen LogP contribution in [0.3, 0.4) is 0 Å². The molecule has 1 aliphatic heterocycles. The average Bonchev–Trinajstić information content (AvgIpc) is 3.16. The van der Waals surface area contributed by atoms with E-state index in [1.165, 1.54) is 0 Å². The molecule has 0 aromatic heterocycles. The Labute approximate surface area is 231 Å². The van der Waals surface area contributed by atoms with Gasteiger partial charge in [0.2, 0.25) is 11.7 Å². The van der Waals surface area contributed by atoms with Gasteiger partial charge in [0.15, 0.2) is 0 Å². The molecule has 39 heavy (non-hydrogen) atoms. The smallest absolute Gasteiger partial charge is 0.373 e. The fraction of sp³-hybridized carbons (Fsp3) is 0.576. The molecule has 1 N–H and O–H groups in total. The van der Waals surface area contributed by atoms with E-state index in [2.05, 4.69) is 37.4 Å². The van der Waals surface area contributed by atoms with Crippen LogP contribution in [0.1, 0.15) is 72.6 Å². The molecule has 0 radical (unpaired) electrons. The quantitative estimate of drug-likeness (QED) is 0.347. The Hall–Kier alpha value is -3.02. The SMILES string of the molecule is CCOC(=O)C1=CC(C2=C(NC(C)=O)[C@@]3(C)CC[C@H]4[C@@H](CC=C5C[C@@H](Oc6ccccc6)CC[C@@]54C)[C@@H]3C2)O1. The molecule has 7 atom stereocenters. The molecule has 1 aromatic rings. The molecule has 1 unspecified atom stereocenters. The van der Waals surface area contributed by atoms with Gasteiger partial charge < -0.3 is 19.5 Å². The van der Waals surface area contributed by atoms with Crippen molar-refractivity contribution < 1.29 is 23.8 Å². The van der Waals surface area contributed by atoms with Crippen molar-refractivity contribution >= 4 is 11.9 Å². The number of carbonyl (C=O) groups is 2. The minimum Gasteiger partial charge on any atom is -0.490 e. The highest BCUT2D eigenvalue weighted by molar-refractivity contribution is 5.88. The zero-order chi connectivity index (χ0) is 27.4. The Morgan fingerprint density at radius 1 is 1.05 bits per heavy atom. The minimum absolute atomic E-state index is 0.0463. The van der Waals surface area contributed by atoms with Crippen LogP contribution in [0.5, 0.6) is 5.75 Å². The van der Waals surface area contributed by atoms with E-state index < -0.39 is 5.97 Å². The Morgan fingerprint density at radius 3 is 2.51 bits per heavy atom. The van der Waals surface area contributed by atoms with Crippen molar-refractivity contribution in [3.8, 4) is 5.75 Å². The molecule has 1 aromatic carbocycles. The van der Waals surface area contributed by atoms with Crippen LogP contribution in [0.15, 0.2) is 65.1 Å². The predicted molar refractivity (Wildman–Crippen MR) is 148 cm³/mol. The minimum atomic E-state index is -0.415. The lowest BCUT2D eigenvalue weighted by molar-refractivity contribution is -0.144. The fourth-order valence-electron chi connectivity index (χ4n) is 8.56. The van der Waals surface area contributed by atoms with Crippen molar-refractivity contribution in [3.63, 3.8) is 0 Å². The van der Waals surface area contributed by atoms with Crippen molar-refractivity contribution in [1.82, 2.24) is 5.32 Å². The summed E-state index contributed by atoms with van der Waals surface area (Å²) in [4.78, 5) is 24.5. The number of para-hydroxylation sites is 1. The first-order chi connectivity index (χ1) is 18.7. The molecule has 5 aliphatic rings. The predicted octanol–water partition coefficient (Wildman–Crippen LogP) is 6.24. The highest BCUT2D eigenvalue weighted by Crippen LogP contribution is 2.66. The van der Waals surface area contributed by atoms with Crippen LogP contribution in [-0.2, 0) is 19.1 Å². The van der Waals surface area contributed by atoms with Gasteiger partial charge in [0.05, 0.1) is 6.61 Å². The first kappa shape index (κ1) is 26.2. The maximum absolute atomic E-state index is 12.3. The maximum Gasteiger partial charge on any atom is 0.373 e. The Bertz CT molecular complexity index is 1250. The largest absolute Gasteiger partial charge is 0.490 e. The summed E-state index contributed by atoms with van der Waals surface area (Å²) in [5.74, 6) is 2.39. The lowest BCUT2D eigenvalue weighted by Gasteiger charge is -2.57. The third-order valence-corrected chi connectivity index (χ3v) is 10.5. The second-order valence-corrected chi connectivity index (χ2v) is 12.6. The molecule has 0 saturated heterocycles. The summed E-state index contributed by atoms with van der Waals surface area (Å²) in [5.41, 5.74) is 3.83. The second-order valence-electron chi connectivity index (χ2n) is 12.6. The van der Waals surface area contributed by atoms with Crippen LogP contribution in [0.25, 0.3) is 0 Å². The van der Waals surface area contributed by atoms with Gasteiger partial charge in [0.25, 0.3) is 0 Å². The second kappa shape index (κ2) is 9.87. The van der Waals surface area contributed by atoms with E-state index in [0.29, 0.717) is 24.4 Å². The Kier molecular flexibility index (Phi) is 6.63. The molecule has 0 spiro atoms. The number of rotatable bonds is 6. The standard InChI is InChI=1S/C33H41NO5/c1-5-37-31(36)29-19-28(39-29)25-18-27-24-12-11-21-17-23(38-22-9-7-6-8-10-22)13-15-32(21,3)26(24)14-16-33(27,4)30(25)34-20(2)35/h6-11,19,23-24,26-28H,5,12-18H2,1-4H3,(H,34,35)/t23-,24+,26-,27-,28?,32-,33-/m0/s1. The van der Waals surface area contributed by atoms with Crippen LogP contribution >= 0.6 is 0 Å². The zero-order valence-corrected chi connectivity index (χ0v) is 23.6. The number of nitrogens with one attached hydrogen (secondary N) is 1. The number of benzene rings is 1. The van der Waals surface area contributed by atoms with E-state index in [1.807, 2.05) is 24.3 Å². The summed E-state index contributed by atoms with van der Waals surface area (Å²) < 4.78 is 17.4. The lowest BCUT2D eigenvalue weighted by atomic mass is 9.47. The zero-order valence-electron chi connectivity index (χ0n) is 23.6. The van der Waals surface area contributed by atoms with Gasteiger partial charge in [-0.3, -0.25) is 4.79 Å². The Morgan fingerprint density at radius 2 is 1.79 bits per heavy atom. The number of carbonyl (C=O) groups excluding carboxylic acids is 2. The molecule has 1 amide bonds. The van der Waals surface area contributed by atoms with Crippen molar-refractivity contribution in [2.24, 2.45) is 28.6 Å². The van der Waals surface area contributed by atoms with Crippen molar-refractivity contribution in [1.29, 1.82) is 0 Å². The molecule has 2 saturated carbocycles. The summed E-state index contributed by atoms with van der Waals surface area (Å²) >= 11 is 0. The van der Waals surface area contributed by atoms with Crippen LogP contribution in [0, 0.1) is 28.6 Å². The summed E-state index contributed by atoms with van der Waals surface area (Å²) in [5, 5.41) is 3.22. The first-order valence-corrected chi connectivity index (χ1v) is 14.7. The topological polar surface area (TPSA) is 73.9 Å². The summed E-state index contributed by atoms with van der Waals surface area (Å²) in [6.45, 7) is 8.53. The number of allylic oxidation sites excluding steroid dienone is 2. The average molecular weight is 532 g/mol. The van der Waals surface area contributed by atoms with Crippen LogP contribution in [0.4, 0.5) is 0 Å². The molecule has 2 fully saturated rings. The van der Waals surface area contributed by atoms with E-state index in [4.69, 9.17) is 14.2 Å². The number of amides is 1. The van der Waals surface area contributed by atoms with Gasteiger partial charge in [-0.1, -0.05) is 43.7 Å². The molecule has 0 bridgehead atoms. The normalized spacial score (nSPS) is 36.7. The van der Waals surface area contributed by atoms with E-state index >= 15 is 0 Å². The van der Waals surface area contributed by atoms with Gasteiger partial charge in [-0.15, -0.1) is 0 Å². The lowest BCUT2D eigenvalue weighted by Crippen LogP contribution is -2.51. The van der Waals surface area contributed by atoms with Gasteiger partial charge in [-0.2, -0.15) is 0 Å². The molecule has 6 rings (SSSR count). The summed E-state index contributed by atoms with van der Waals surface area (Å²) in [6, 6.07) is 10.2. The van der Waals surface area contributed by atoms with Gasteiger partial charge in [0, 0.05) is 30.5 Å². The number of hydrogen-bond donors (Lipinski definition) is 1. The van der Waals surface area contributed by atoms with Gasteiger partial charge in [-0.05, 0) is 86.3 Å². The molecule has 208 valence electrons. The molecule has 6 nitrogen and oxygen atoms in total.